The molecule has 0 fully saturated rings. The van der Waals surface area contributed by atoms with E-state index in [0.29, 0.717) is 15.7 Å². The number of aromatic nitrogens is 3. The second-order valence-corrected chi connectivity index (χ2v) is 4.76. The number of carbonyl (C=O) groups excluding carboxylic acids is 1. The third kappa shape index (κ3) is 2.77. The number of aromatic amines is 1. The molecule has 88 valence electrons. The fraction of sp³-hybridized carbons (Fsp3) is 0. The minimum absolute atomic E-state index is 0.0834. The molecule has 0 bridgehead atoms. The van der Waals surface area contributed by atoms with Crippen molar-refractivity contribution in [3.63, 3.8) is 0 Å². The van der Waals surface area contributed by atoms with Crippen molar-refractivity contribution < 1.29 is 4.79 Å². The number of benzene rings is 1. The van der Waals surface area contributed by atoms with E-state index in [4.69, 9.17) is 23.2 Å². The molecule has 0 radical (unpaired) electrons. The summed E-state index contributed by atoms with van der Waals surface area (Å²) >= 11 is 15.2. The van der Waals surface area contributed by atoms with Crippen LogP contribution in [-0.4, -0.2) is 21.1 Å². The average Bonchev–Trinajstić information content (AvgIpc) is 2.76. The topological polar surface area (TPSA) is 70.7 Å². The maximum atomic E-state index is 11.7. The molecule has 0 atom stereocenters. The van der Waals surface area contributed by atoms with Crippen LogP contribution < -0.4 is 5.32 Å². The summed E-state index contributed by atoms with van der Waals surface area (Å²) in [6.45, 7) is 0. The number of nitrogens with zero attached hydrogens (tertiary/aromatic N) is 2. The molecule has 8 heteroatoms. The van der Waals surface area contributed by atoms with Crippen LogP contribution in [0.2, 0.25) is 10.0 Å². The summed E-state index contributed by atoms with van der Waals surface area (Å²) in [6.07, 6.45) is 1.24. The van der Waals surface area contributed by atoms with Gasteiger partial charge in [0.25, 0.3) is 5.91 Å². The first-order chi connectivity index (χ1) is 8.08. The van der Waals surface area contributed by atoms with Gasteiger partial charge < -0.3 is 5.32 Å². The number of hydrogen-bond acceptors (Lipinski definition) is 3. The summed E-state index contributed by atoms with van der Waals surface area (Å²) in [7, 11) is 0. The third-order valence-corrected chi connectivity index (χ3v) is 2.93. The second-order valence-electron chi connectivity index (χ2n) is 3.03. The Kier molecular flexibility index (Phi) is 3.66. The number of carbonyl (C=O) groups is 1. The summed E-state index contributed by atoms with van der Waals surface area (Å²) in [5, 5.41) is 9.22. The maximum Gasteiger partial charge on any atom is 0.293 e. The molecule has 5 nitrogen and oxygen atoms in total. The van der Waals surface area contributed by atoms with Crippen LogP contribution in [0.5, 0.6) is 0 Å². The summed E-state index contributed by atoms with van der Waals surface area (Å²) in [5.41, 5.74) is 0.331. The number of hydrogen-bond donors (Lipinski definition) is 2. The van der Waals surface area contributed by atoms with Crippen molar-refractivity contribution in [1.29, 1.82) is 0 Å². The highest BCUT2D eigenvalue weighted by atomic mass is 79.9. The van der Waals surface area contributed by atoms with Gasteiger partial charge in [-0.25, -0.2) is 4.98 Å². The second kappa shape index (κ2) is 5.03. The molecule has 0 saturated heterocycles. The van der Waals surface area contributed by atoms with Gasteiger partial charge in [0.15, 0.2) is 0 Å². The van der Waals surface area contributed by atoms with Crippen molar-refractivity contribution in [2.24, 2.45) is 0 Å². The van der Waals surface area contributed by atoms with Crippen LogP contribution in [-0.2, 0) is 0 Å². The van der Waals surface area contributed by atoms with Crippen molar-refractivity contribution >= 4 is 50.7 Å². The number of H-pyrrole nitrogens is 1. The van der Waals surface area contributed by atoms with E-state index < -0.39 is 5.91 Å². The van der Waals surface area contributed by atoms with Crippen molar-refractivity contribution in [2.45, 2.75) is 0 Å². The fourth-order valence-electron chi connectivity index (χ4n) is 1.15. The van der Waals surface area contributed by atoms with Crippen LogP contribution in [0.1, 0.15) is 10.6 Å². The SMILES string of the molecule is O=C(Nc1c(Cl)cc(Br)cc1Cl)c1ncn[nH]1. The lowest BCUT2D eigenvalue weighted by molar-refractivity contribution is 0.101. The molecule has 2 rings (SSSR count). The molecule has 0 aliphatic heterocycles. The fourth-order valence-corrected chi connectivity index (χ4v) is 2.45. The van der Waals surface area contributed by atoms with Gasteiger partial charge in [-0.15, -0.1) is 0 Å². The molecule has 1 aromatic heterocycles. The number of rotatable bonds is 2. The predicted octanol–water partition coefficient (Wildman–Crippen LogP) is 3.13. The average molecular weight is 336 g/mol. The summed E-state index contributed by atoms with van der Waals surface area (Å²) in [4.78, 5) is 15.4. The van der Waals surface area contributed by atoms with Crippen molar-refractivity contribution in [3.8, 4) is 0 Å². The standard InChI is InChI=1S/C9H5BrCl2N4O/c10-4-1-5(11)7(6(12)2-4)15-9(17)8-13-3-14-16-8/h1-3H,(H,15,17)(H,13,14,16). The van der Waals surface area contributed by atoms with Gasteiger partial charge in [-0.1, -0.05) is 39.1 Å². The van der Waals surface area contributed by atoms with Crippen LogP contribution in [0.25, 0.3) is 0 Å². The Morgan fingerprint density at radius 3 is 2.53 bits per heavy atom. The molecule has 2 N–H and O–H groups in total. The highest BCUT2D eigenvalue weighted by molar-refractivity contribution is 9.10. The summed E-state index contributed by atoms with van der Waals surface area (Å²) in [6, 6.07) is 3.26. The van der Waals surface area contributed by atoms with Crippen molar-refractivity contribution in [2.75, 3.05) is 5.32 Å². The van der Waals surface area contributed by atoms with Gasteiger partial charge in [-0.3, -0.25) is 9.89 Å². The molecule has 0 aliphatic rings. The molecule has 1 amide bonds. The molecule has 1 heterocycles. The molecule has 0 aliphatic carbocycles. The Morgan fingerprint density at radius 2 is 2.00 bits per heavy atom. The van der Waals surface area contributed by atoms with E-state index in [0.717, 1.165) is 4.47 Å². The lowest BCUT2D eigenvalue weighted by Crippen LogP contribution is -2.14. The van der Waals surface area contributed by atoms with Gasteiger partial charge in [0.05, 0.1) is 15.7 Å². The van der Waals surface area contributed by atoms with Gasteiger partial charge in [-0.2, -0.15) is 5.10 Å². The molecule has 17 heavy (non-hydrogen) atoms. The zero-order valence-corrected chi connectivity index (χ0v) is 11.3. The van der Waals surface area contributed by atoms with Crippen LogP contribution in [0.15, 0.2) is 22.9 Å². The first-order valence-corrected chi connectivity index (χ1v) is 5.94. The Balaban J connectivity index is 2.28. The van der Waals surface area contributed by atoms with E-state index in [1.165, 1.54) is 6.33 Å². The maximum absolute atomic E-state index is 11.7. The minimum atomic E-state index is -0.464. The number of nitrogens with one attached hydrogen (secondary N) is 2. The zero-order valence-electron chi connectivity index (χ0n) is 8.17. The largest absolute Gasteiger partial charge is 0.317 e. The van der Waals surface area contributed by atoms with Crippen LogP contribution in [0.3, 0.4) is 0 Å². The number of halogens is 3. The third-order valence-electron chi connectivity index (χ3n) is 1.88. The molecule has 1 aromatic carbocycles. The first-order valence-electron chi connectivity index (χ1n) is 4.39. The quantitative estimate of drug-likeness (QED) is 0.885. The highest BCUT2D eigenvalue weighted by Crippen LogP contribution is 2.33. The molecular formula is C9H5BrCl2N4O. The normalized spacial score (nSPS) is 10.3. The summed E-state index contributed by atoms with van der Waals surface area (Å²) < 4.78 is 0.727. The van der Waals surface area contributed by atoms with Gasteiger partial charge in [0, 0.05) is 4.47 Å². The first kappa shape index (κ1) is 12.3. The Bertz CT molecular complexity index is 535. The molecule has 0 spiro atoms. The van der Waals surface area contributed by atoms with Gasteiger partial charge >= 0.3 is 0 Å². The minimum Gasteiger partial charge on any atom is -0.317 e. The smallest absolute Gasteiger partial charge is 0.293 e. The van der Waals surface area contributed by atoms with Gasteiger partial charge in [0.1, 0.15) is 6.33 Å². The highest BCUT2D eigenvalue weighted by Gasteiger charge is 2.14. The molecular weight excluding hydrogens is 331 g/mol. The molecule has 2 aromatic rings. The number of anilines is 1. The number of amides is 1. The van der Waals surface area contributed by atoms with Gasteiger partial charge in [0.2, 0.25) is 5.82 Å². The lowest BCUT2D eigenvalue weighted by Gasteiger charge is -2.08. The van der Waals surface area contributed by atoms with Gasteiger partial charge in [-0.05, 0) is 12.1 Å². The van der Waals surface area contributed by atoms with Crippen LogP contribution in [0.4, 0.5) is 5.69 Å². The van der Waals surface area contributed by atoms with E-state index in [2.05, 4.69) is 36.4 Å². The van der Waals surface area contributed by atoms with E-state index in [9.17, 15) is 4.79 Å². The van der Waals surface area contributed by atoms with Crippen LogP contribution in [0, 0.1) is 0 Å². The van der Waals surface area contributed by atoms with E-state index >= 15 is 0 Å². The zero-order chi connectivity index (χ0) is 12.4. The predicted molar refractivity (Wildman–Crippen MR) is 68.5 cm³/mol. The Hall–Kier alpha value is -1.11. The van der Waals surface area contributed by atoms with E-state index in [1.54, 1.807) is 12.1 Å². The van der Waals surface area contributed by atoms with Crippen LogP contribution >= 0.6 is 39.1 Å². The lowest BCUT2D eigenvalue weighted by atomic mass is 10.3. The van der Waals surface area contributed by atoms with Crippen molar-refractivity contribution in [1.82, 2.24) is 15.2 Å². The van der Waals surface area contributed by atoms with E-state index in [-0.39, 0.29) is 5.82 Å². The van der Waals surface area contributed by atoms with E-state index in [1.807, 2.05) is 0 Å². The molecule has 0 saturated carbocycles. The Labute approximate surface area is 115 Å². The monoisotopic (exact) mass is 334 g/mol. The Morgan fingerprint density at radius 1 is 1.35 bits per heavy atom. The van der Waals surface area contributed by atoms with Crippen molar-refractivity contribution in [3.05, 3.63) is 38.8 Å². The molecule has 0 unspecified atom stereocenters. The summed E-state index contributed by atoms with van der Waals surface area (Å²) in [5.74, 6) is -0.381.